The molecule has 16 heavy (non-hydrogen) atoms. The second kappa shape index (κ2) is 5.90. The fraction of sp³-hybridized carbons (Fsp3) is 0.333. The number of pyridine rings is 1. The van der Waals surface area contributed by atoms with Gasteiger partial charge < -0.3 is 10.0 Å². The van der Waals surface area contributed by atoms with Gasteiger partial charge in [-0.3, -0.25) is 0 Å². The topological polar surface area (TPSA) is 53.4 Å². The van der Waals surface area contributed by atoms with E-state index in [2.05, 4.69) is 11.6 Å². The molecule has 0 spiro atoms. The van der Waals surface area contributed by atoms with Gasteiger partial charge in [-0.15, -0.1) is 6.58 Å². The molecular formula is C12H16N2O2. The number of carbonyl (C=O) groups is 1. The van der Waals surface area contributed by atoms with Crippen LogP contribution in [0.15, 0.2) is 31.0 Å². The maximum absolute atomic E-state index is 10.7. The van der Waals surface area contributed by atoms with Crippen LogP contribution in [0.1, 0.15) is 23.3 Å². The summed E-state index contributed by atoms with van der Waals surface area (Å²) in [4.78, 5) is 16.5. The molecule has 0 aliphatic heterocycles. The first kappa shape index (κ1) is 12.2. The Morgan fingerprint density at radius 1 is 1.69 bits per heavy atom. The average molecular weight is 220 g/mol. The summed E-state index contributed by atoms with van der Waals surface area (Å²) in [7, 11) is 1.93. The molecule has 1 rings (SSSR count). The molecule has 4 nitrogen and oxygen atoms in total. The van der Waals surface area contributed by atoms with Crippen LogP contribution in [0.5, 0.6) is 0 Å². The molecule has 1 heterocycles. The number of carboxylic acids is 1. The van der Waals surface area contributed by atoms with Crippen molar-refractivity contribution < 1.29 is 9.90 Å². The molecule has 0 aliphatic carbocycles. The minimum atomic E-state index is -0.999. The van der Waals surface area contributed by atoms with Gasteiger partial charge >= 0.3 is 5.97 Å². The molecule has 0 saturated heterocycles. The zero-order valence-corrected chi connectivity index (χ0v) is 9.39. The SMILES string of the molecule is C=CCCCN(C)c1ccnc(C(=O)O)c1. The third kappa shape index (κ3) is 3.38. The van der Waals surface area contributed by atoms with Gasteiger partial charge in [0.05, 0.1) is 0 Å². The monoisotopic (exact) mass is 220 g/mol. The predicted octanol–water partition coefficient (Wildman–Crippen LogP) is 2.18. The molecule has 0 aliphatic rings. The Kier molecular flexibility index (Phi) is 4.51. The van der Waals surface area contributed by atoms with E-state index in [1.165, 1.54) is 6.20 Å². The molecule has 0 fully saturated rings. The Bertz CT molecular complexity index is 377. The van der Waals surface area contributed by atoms with Crippen LogP contribution in [0, 0.1) is 0 Å². The second-order valence-electron chi connectivity index (χ2n) is 3.56. The van der Waals surface area contributed by atoms with Crippen molar-refractivity contribution in [2.75, 3.05) is 18.5 Å². The van der Waals surface area contributed by atoms with Crippen LogP contribution < -0.4 is 4.90 Å². The summed E-state index contributed by atoms with van der Waals surface area (Å²) in [6.45, 7) is 4.53. The van der Waals surface area contributed by atoms with Crippen LogP contribution in [-0.4, -0.2) is 29.7 Å². The number of anilines is 1. The number of nitrogens with zero attached hydrogens (tertiary/aromatic N) is 2. The molecule has 86 valence electrons. The van der Waals surface area contributed by atoms with Crippen molar-refractivity contribution in [1.29, 1.82) is 0 Å². The van der Waals surface area contributed by atoms with Gasteiger partial charge in [-0.1, -0.05) is 6.08 Å². The predicted molar refractivity (Wildman–Crippen MR) is 63.9 cm³/mol. The highest BCUT2D eigenvalue weighted by Crippen LogP contribution is 2.13. The molecule has 1 aromatic rings. The summed E-state index contributed by atoms with van der Waals surface area (Å²) >= 11 is 0. The van der Waals surface area contributed by atoms with Crippen LogP contribution >= 0.6 is 0 Å². The van der Waals surface area contributed by atoms with Crippen LogP contribution in [0.2, 0.25) is 0 Å². The van der Waals surface area contributed by atoms with E-state index >= 15 is 0 Å². The number of hydrogen-bond acceptors (Lipinski definition) is 3. The highest BCUT2D eigenvalue weighted by atomic mass is 16.4. The maximum atomic E-state index is 10.7. The minimum absolute atomic E-state index is 0.0769. The lowest BCUT2D eigenvalue weighted by Crippen LogP contribution is -2.18. The third-order valence-electron chi connectivity index (χ3n) is 2.31. The number of allylic oxidation sites excluding steroid dienone is 1. The number of aromatic nitrogens is 1. The van der Waals surface area contributed by atoms with E-state index in [1.807, 2.05) is 18.0 Å². The molecule has 1 aromatic heterocycles. The largest absolute Gasteiger partial charge is 0.477 e. The number of rotatable bonds is 6. The molecule has 0 amide bonds. The Balaban J connectivity index is 2.67. The second-order valence-corrected chi connectivity index (χ2v) is 3.56. The first-order valence-electron chi connectivity index (χ1n) is 5.16. The standard InChI is InChI=1S/C12H16N2O2/c1-3-4-5-8-14(2)10-6-7-13-11(9-10)12(15)16/h3,6-7,9H,1,4-5,8H2,2H3,(H,15,16). The quantitative estimate of drug-likeness (QED) is 0.589. The van der Waals surface area contributed by atoms with Gasteiger partial charge in [0.25, 0.3) is 0 Å². The van der Waals surface area contributed by atoms with Crippen molar-refractivity contribution in [3.8, 4) is 0 Å². The fourth-order valence-electron chi connectivity index (χ4n) is 1.38. The van der Waals surface area contributed by atoms with Gasteiger partial charge in [-0.2, -0.15) is 0 Å². The van der Waals surface area contributed by atoms with Gasteiger partial charge in [0, 0.05) is 25.5 Å². The van der Waals surface area contributed by atoms with Crippen LogP contribution in [0.4, 0.5) is 5.69 Å². The molecule has 0 aromatic carbocycles. The van der Waals surface area contributed by atoms with Crippen LogP contribution in [0.25, 0.3) is 0 Å². The molecule has 0 saturated carbocycles. The van der Waals surface area contributed by atoms with E-state index in [4.69, 9.17) is 5.11 Å². The van der Waals surface area contributed by atoms with Crippen molar-refractivity contribution in [3.05, 3.63) is 36.7 Å². The molecule has 4 heteroatoms. The zero-order valence-electron chi connectivity index (χ0n) is 9.39. The van der Waals surface area contributed by atoms with Crippen molar-refractivity contribution in [1.82, 2.24) is 4.98 Å². The Labute approximate surface area is 95.2 Å². The summed E-state index contributed by atoms with van der Waals surface area (Å²) in [5.74, 6) is -0.999. The summed E-state index contributed by atoms with van der Waals surface area (Å²) in [6.07, 6.45) is 5.36. The van der Waals surface area contributed by atoms with Gasteiger partial charge in [0.1, 0.15) is 5.69 Å². The van der Waals surface area contributed by atoms with Gasteiger partial charge in [-0.05, 0) is 25.0 Å². The number of carboxylic acid groups (broad SMARTS) is 1. The highest BCUT2D eigenvalue weighted by molar-refractivity contribution is 5.86. The van der Waals surface area contributed by atoms with E-state index in [0.29, 0.717) is 0 Å². The van der Waals surface area contributed by atoms with Gasteiger partial charge in [-0.25, -0.2) is 9.78 Å². The molecule has 0 atom stereocenters. The zero-order chi connectivity index (χ0) is 12.0. The molecule has 1 N–H and O–H groups in total. The van der Waals surface area contributed by atoms with Crippen molar-refractivity contribution >= 4 is 11.7 Å². The summed E-state index contributed by atoms with van der Waals surface area (Å²) in [6, 6.07) is 3.39. The van der Waals surface area contributed by atoms with Crippen molar-refractivity contribution in [2.24, 2.45) is 0 Å². The van der Waals surface area contributed by atoms with E-state index in [1.54, 1.807) is 12.1 Å². The fourth-order valence-corrected chi connectivity index (χ4v) is 1.38. The van der Waals surface area contributed by atoms with Crippen molar-refractivity contribution in [2.45, 2.75) is 12.8 Å². The average Bonchev–Trinajstić information content (AvgIpc) is 2.29. The van der Waals surface area contributed by atoms with Gasteiger partial charge in [0.15, 0.2) is 0 Å². The Hall–Kier alpha value is -1.84. The van der Waals surface area contributed by atoms with Crippen LogP contribution in [-0.2, 0) is 0 Å². The van der Waals surface area contributed by atoms with E-state index in [-0.39, 0.29) is 5.69 Å². The van der Waals surface area contributed by atoms with E-state index < -0.39 is 5.97 Å². The first-order chi connectivity index (χ1) is 7.65. The summed E-state index contributed by atoms with van der Waals surface area (Å²) < 4.78 is 0. The number of aromatic carboxylic acids is 1. The number of unbranched alkanes of at least 4 members (excludes halogenated alkanes) is 1. The molecule has 0 unspecified atom stereocenters. The number of hydrogen-bond donors (Lipinski definition) is 1. The first-order valence-corrected chi connectivity index (χ1v) is 5.16. The lowest BCUT2D eigenvalue weighted by atomic mass is 10.2. The summed E-state index contributed by atoms with van der Waals surface area (Å²) in [5.41, 5.74) is 0.949. The van der Waals surface area contributed by atoms with E-state index in [9.17, 15) is 4.79 Å². The molecule has 0 bridgehead atoms. The maximum Gasteiger partial charge on any atom is 0.354 e. The summed E-state index contributed by atoms with van der Waals surface area (Å²) in [5, 5.41) is 8.81. The molecule has 0 radical (unpaired) electrons. The minimum Gasteiger partial charge on any atom is -0.477 e. The lowest BCUT2D eigenvalue weighted by molar-refractivity contribution is 0.0690. The smallest absolute Gasteiger partial charge is 0.354 e. The molecular weight excluding hydrogens is 204 g/mol. The Morgan fingerprint density at radius 3 is 3.06 bits per heavy atom. The van der Waals surface area contributed by atoms with Gasteiger partial charge in [0.2, 0.25) is 0 Å². The van der Waals surface area contributed by atoms with Crippen molar-refractivity contribution in [3.63, 3.8) is 0 Å². The third-order valence-corrected chi connectivity index (χ3v) is 2.31. The van der Waals surface area contributed by atoms with E-state index in [0.717, 1.165) is 25.1 Å². The Morgan fingerprint density at radius 2 is 2.44 bits per heavy atom. The normalized spacial score (nSPS) is 9.81. The lowest BCUT2D eigenvalue weighted by Gasteiger charge is -2.18. The van der Waals surface area contributed by atoms with Crippen LogP contribution in [0.3, 0.4) is 0 Å². The highest BCUT2D eigenvalue weighted by Gasteiger charge is 2.07.